The molecule has 5 rings (SSSR count). The van der Waals surface area contributed by atoms with E-state index < -0.39 is 15.9 Å². The van der Waals surface area contributed by atoms with E-state index in [9.17, 15) is 13.2 Å². The number of nitrogens with zero attached hydrogens (tertiary/aromatic N) is 2. The molecule has 0 aliphatic rings. The molecule has 8 heteroatoms. The summed E-state index contributed by atoms with van der Waals surface area (Å²) in [4.78, 5) is 13.4. The average Bonchev–Trinajstić information content (AvgIpc) is 3.26. The van der Waals surface area contributed by atoms with Crippen molar-refractivity contribution < 1.29 is 17.9 Å². The zero-order valence-corrected chi connectivity index (χ0v) is 23.0. The summed E-state index contributed by atoms with van der Waals surface area (Å²) in [6.07, 6.45) is 0. The molecule has 1 N–H and O–H groups in total. The normalized spacial score (nSPS) is 11.6. The Morgan fingerprint density at radius 1 is 0.872 bits per heavy atom. The summed E-state index contributed by atoms with van der Waals surface area (Å²) in [7, 11) is -4.04. The van der Waals surface area contributed by atoms with Crippen LogP contribution in [-0.2, 0) is 21.4 Å². The third-order valence-corrected chi connectivity index (χ3v) is 8.49. The minimum absolute atomic E-state index is 0.0770. The summed E-state index contributed by atoms with van der Waals surface area (Å²) < 4.78 is 36.3. The molecule has 0 spiro atoms. The fourth-order valence-corrected chi connectivity index (χ4v) is 6.25. The van der Waals surface area contributed by atoms with Crippen LogP contribution in [0.2, 0.25) is 0 Å². The number of fused-ring (bicyclic) bond motifs is 3. The van der Waals surface area contributed by atoms with Gasteiger partial charge in [-0.15, -0.1) is 0 Å². The third-order valence-electron chi connectivity index (χ3n) is 6.70. The maximum atomic E-state index is 13.7. The van der Waals surface area contributed by atoms with E-state index in [1.807, 2.05) is 56.3 Å². The number of carbonyl (C=O) groups excluding carboxylic acids is 1. The minimum atomic E-state index is -4.04. The molecule has 0 fully saturated rings. The second-order valence-corrected chi connectivity index (χ2v) is 11.2. The van der Waals surface area contributed by atoms with Crippen molar-refractivity contribution in [2.75, 3.05) is 22.8 Å². The zero-order valence-electron chi connectivity index (χ0n) is 22.2. The molecule has 7 nitrogen and oxygen atoms in total. The van der Waals surface area contributed by atoms with E-state index in [0.29, 0.717) is 23.7 Å². The maximum Gasteiger partial charge on any atom is 0.264 e. The molecule has 0 saturated heterocycles. The van der Waals surface area contributed by atoms with Crippen molar-refractivity contribution >= 4 is 49.1 Å². The van der Waals surface area contributed by atoms with Gasteiger partial charge in [-0.25, -0.2) is 8.42 Å². The summed E-state index contributed by atoms with van der Waals surface area (Å²) in [5.41, 5.74) is 4.21. The van der Waals surface area contributed by atoms with Gasteiger partial charge in [-0.05, 0) is 81.4 Å². The first-order chi connectivity index (χ1) is 18.8. The van der Waals surface area contributed by atoms with Gasteiger partial charge in [0.1, 0.15) is 12.3 Å². The van der Waals surface area contributed by atoms with Gasteiger partial charge >= 0.3 is 0 Å². The lowest BCUT2D eigenvalue weighted by molar-refractivity contribution is -0.114. The second kappa shape index (κ2) is 10.8. The number of rotatable bonds is 9. The molecule has 1 amide bonds. The molecular formula is C31H31N3O4S. The van der Waals surface area contributed by atoms with E-state index in [0.717, 1.165) is 38.2 Å². The molecule has 0 aliphatic carbocycles. The number of sulfonamides is 1. The number of carbonyl (C=O) groups is 1. The first-order valence-corrected chi connectivity index (χ1v) is 14.4. The first-order valence-electron chi connectivity index (χ1n) is 12.9. The molecule has 200 valence electrons. The van der Waals surface area contributed by atoms with Gasteiger partial charge in [-0.2, -0.15) is 0 Å². The van der Waals surface area contributed by atoms with E-state index in [2.05, 4.69) is 28.9 Å². The standard InChI is InChI=1S/C31H31N3O4S/c1-4-33-29-9-7-6-8-27(29)28-20-23(12-19-30(28)33)32-31(35)21-34(24-13-10-22(3)11-14-24)39(36,37)26-17-15-25(16-18-26)38-5-2/h6-20H,4-5,21H2,1-3H3,(H,32,35). The van der Waals surface area contributed by atoms with Crippen LogP contribution in [0.4, 0.5) is 11.4 Å². The highest BCUT2D eigenvalue weighted by Gasteiger charge is 2.27. The molecule has 0 saturated carbocycles. The molecule has 1 aromatic heterocycles. The predicted molar refractivity (Wildman–Crippen MR) is 157 cm³/mol. The Hall–Kier alpha value is -4.30. The van der Waals surface area contributed by atoms with Crippen LogP contribution in [-0.4, -0.2) is 32.0 Å². The quantitative estimate of drug-likeness (QED) is 0.236. The van der Waals surface area contributed by atoms with Crippen LogP contribution in [0, 0.1) is 6.92 Å². The lowest BCUT2D eigenvalue weighted by atomic mass is 10.1. The van der Waals surface area contributed by atoms with E-state index in [1.165, 1.54) is 12.1 Å². The van der Waals surface area contributed by atoms with Crippen LogP contribution >= 0.6 is 0 Å². The number of hydrogen-bond acceptors (Lipinski definition) is 4. The van der Waals surface area contributed by atoms with Crippen LogP contribution in [0.25, 0.3) is 21.8 Å². The Labute approximate surface area is 228 Å². The smallest absolute Gasteiger partial charge is 0.264 e. The van der Waals surface area contributed by atoms with Gasteiger partial charge in [-0.1, -0.05) is 35.9 Å². The van der Waals surface area contributed by atoms with Gasteiger partial charge in [0.05, 0.1) is 17.2 Å². The molecule has 0 radical (unpaired) electrons. The van der Waals surface area contributed by atoms with Crippen molar-refractivity contribution in [1.82, 2.24) is 4.57 Å². The fraction of sp³-hybridized carbons (Fsp3) is 0.194. The molecule has 4 aromatic carbocycles. The second-order valence-electron chi connectivity index (χ2n) is 9.29. The van der Waals surface area contributed by atoms with Crippen molar-refractivity contribution in [2.45, 2.75) is 32.2 Å². The summed E-state index contributed by atoms with van der Waals surface area (Å²) in [6.45, 7) is 6.81. The summed E-state index contributed by atoms with van der Waals surface area (Å²) in [6, 6.07) is 27.2. The first kappa shape index (κ1) is 26.3. The molecular weight excluding hydrogens is 510 g/mol. The van der Waals surface area contributed by atoms with Crippen molar-refractivity contribution in [3.63, 3.8) is 0 Å². The summed E-state index contributed by atoms with van der Waals surface area (Å²) in [5.74, 6) is 0.138. The van der Waals surface area contributed by atoms with E-state index in [-0.39, 0.29) is 11.4 Å². The molecule has 0 atom stereocenters. The highest BCUT2D eigenvalue weighted by Crippen LogP contribution is 2.31. The largest absolute Gasteiger partial charge is 0.494 e. The number of aromatic nitrogens is 1. The number of ether oxygens (including phenoxy) is 1. The van der Waals surface area contributed by atoms with Gasteiger partial charge in [0.15, 0.2) is 0 Å². The SMILES string of the molecule is CCOc1ccc(S(=O)(=O)N(CC(=O)Nc2ccc3c(c2)c2ccccc2n3CC)c2ccc(C)cc2)cc1. The minimum Gasteiger partial charge on any atom is -0.494 e. The van der Waals surface area contributed by atoms with Gasteiger partial charge in [0, 0.05) is 34.0 Å². The molecule has 1 heterocycles. The van der Waals surface area contributed by atoms with Crippen LogP contribution in [0.1, 0.15) is 19.4 Å². The van der Waals surface area contributed by atoms with Crippen molar-refractivity contribution in [1.29, 1.82) is 0 Å². The number of benzene rings is 4. The zero-order chi connectivity index (χ0) is 27.6. The monoisotopic (exact) mass is 541 g/mol. The van der Waals surface area contributed by atoms with Crippen LogP contribution in [0.15, 0.2) is 95.9 Å². The molecule has 39 heavy (non-hydrogen) atoms. The Morgan fingerprint density at radius 2 is 1.56 bits per heavy atom. The number of amides is 1. The highest BCUT2D eigenvalue weighted by atomic mass is 32.2. The lowest BCUT2D eigenvalue weighted by Crippen LogP contribution is -2.38. The molecule has 0 aliphatic heterocycles. The van der Waals surface area contributed by atoms with Crippen molar-refractivity contribution in [3.05, 3.63) is 96.6 Å². The van der Waals surface area contributed by atoms with Gasteiger partial charge < -0.3 is 14.6 Å². The van der Waals surface area contributed by atoms with Crippen LogP contribution < -0.4 is 14.4 Å². The van der Waals surface area contributed by atoms with Gasteiger partial charge in [-0.3, -0.25) is 9.10 Å². The van der Waals surface area contributed by atoms with Crippen LogP contribution in [0.3, 0.4) is 0 Å². The Morgan fingerprint density at radius 3 is 2.26 bits per heavy atom. The van der Waals surface area contributed by atoms with Gasteiger partial charge in [0.25, 0.3) is 10.0 Å². The Kier molecular flexibility index (Phi) is 7.30. The fourth-order valence-electron chi connectivity index (χ4n) is 4.83. The van der Waals surface area contributed by atoms with E-state index in [4.69, 9.17) is 4.74 Å². The third kappa shape index (κ3) is 5.20. The van der Waals surface area contributed by atoms with Gasteiger partial charge in [0.2, 0.25) is 5.91 Å². The number of anilines is 2. The Bertz CT molecular complexity index is 1740. The van der Waals surface area contributed by atoms with Crippen molar-refractivity contribution in [3.8, 4) is 5.75 Å². The highest BCUT2D eigenvalue weighted by molar-refractivity contribution is 7.92. The number of aryl methyl sites for hydroxylation is 2. The maximum absolute atomic E-state index is 13.7. The van der Waals surface area contributed by atoms with Crippen molar-refractivity contribution in [2.24, 2.45) is 0 Å². The molecule has 5 aromatic rings. The van der Waals surface area contributed by atoms with E-state index >= 15 is 0 Å². The molecule has 0 unspecified atom stereocenters. The van der Waals surface area contributed by atoms with Crippen LogP contribution in [0.5, 0.6) is 5.75 Å². The topological polar surface area (TPSA) is 80.6 Å². The molecule has 0 bridgehead atoms. The number of hydrogen-bond donors (Lipinski definition) is 1. The van der Waals surface area contributed by atoms with E-state index in [1.54, 1.807) is 24.3 Å². The Balaban J connectivity index is 1.46. The lowest BCUT2D eigenvalue weighted by Gasteiger charge is -2.24. The summed E-state index contributed by atoms with van der Waals surface area (Å²) in [5, 5.41) is 5.04. The summed E-state index contributed by atoms with van der Waals surface area (Å²) >= 11 is 0. The predicted octanol–water partition coefficient (Wildman–Crippen LogP) is 6.36. The average molecular weight is 542 g/mol. The number of para-hydroxylation sites is 1. The number of nitrogens with one attached hydrogen (secondary N) is 1.